The topological polar surface area (TPSA) is 35.2 Å². The first-order chi connectivity index (χ1) is 7.95. The minimum atomic E-state index is 0.121. The van der Waals surface area contributed by atoms with E-state index in [-0.39, 0.29) is 5.41 Å². The second-order valence-electron chi connectivity index (χ2n) is 5.72. The second kappa shape index (κ2) is 6.06. The monoisotopic (exact) mass is 235 g/mol. The molecule has 2 nitrogen and oxygen atoms in total. The van der Waals surface area contributed by atoms with Crippen LogP contribution in [0.15, 0.2) is 24.3 Å². The Morgan fingerprint density at radius 3 is 2.47 bits per heavy atom. The summed E-state index contributed by atoms with van der Waals surface area (Å²) in [4.78, 5) is 0. The Bertz CT molecular complexity index is 341. The predicted molar refractivity (Wildman–Crippen MR) is 73.5 cm³/mol. The zero-order valence-corrected chi connectivity index (χ0v) is 11.5. The highest BCUT2D eigenvalue weighted by atomic mass is 16.5. The van der Waals surface area contributed by atoms with Crippen LogP contribution in [0, 0.1) is 5.92 Å². The van der Waals surface area contributed by atoms with Gasteiger partial charge in [-0.15, -0.1) is 0 Å². The fourth-order valence-electron chi connectivity index (χ4n) is 1.70. The third-order valence-electron chi connectivity index (χ3n) is 2.97. The summed E-state index contributed by atoms with van der Waals surface area (Å²) in [6.07, 6.45) is 1.01. The summed E-state index contributed by atoms with van der Waals surface area (Å²) in [5.41, 5.74) is 6.98. The zero-order chi connectivity index (χ0) is 12.9. The van der Waals surface area contributed by atoms with Gasteiger partial charge in [-0.2, -0.15) is 0 Å². The lowest BCUT2D eigenvalue weighted by molar-refractivity contribution is 0.279. The fourth-order valence-corrected chi connectivity index (χ4v) is 1.70. The molecule has 0 aliphatic rings. The molecule has 96 valence electrons. The van der Waals surface area contributed by atoms with Crippen molar-refractivity contribution in [3.63, 3.8) is 0 Å². The van der Waals surface area contributed by atoms with E-state index in [1.54, 1.807) is 0 Å². The largest absolute Gasteiger partial charge is 0.493 e. The Kier molecular flexibility index (Phi) is 5.01. The van der Waals surface area contributed by atoms with Crippen LogP contribution >= 0.6 is 0 Å². The van der Waals surface area contributed by atoms with Gasteiger partial charge in [-0.1, -0.05) is 45.9 Å². The Labute approximate surface area is 105 Å². The van der Waals surface area contributed by atoms with Gasteiger partial charge in [-0.05, 0) is 35.9 Å². The first-order valence-corrected chi connectivity index (χ1v) is 6.37. The van der Waals surface area contributed by atoms with Crippen molar-refractivity contribution in [1.82, 2.24) is 0 Å². The summed E-state index contributed by atoms with van der Waals surface area (Å²) in [5.74, 6) is 1.53. The zero-order valence-electron chi connectivity index (χ0n) is 11.5. The highest BCUT2D eigenvalue weighted by molar-refractivity contribution is 5.38. The molecule has 0 aliphatic heterocycles. The Balaban J connectivity index is 2.65. The maximum Gasteiger partial charge on any atom is 0.123 e. The highest BCUT2D eigenvalue weighted by Crippen LogP contribution is 2.31. The summed E-state index contributed by atoms with van der Waals surface area (Å²) in [5, 5.41) is 0. The smallest absolute Gasteiger partial charge is 0.123 e. The quantitative estimate of drug-likeness (QED) is 0.849. The van der Waals surface area contributed by atoms with Crippen LogP contribution in [-0.2, 0) is 5.41 Å². The van der Waals surface area contributed by atoms with Crippen LogP contribution in [-0.4, -0.2) is 13.2 Å². The number of benzene rings is 1. The maximum absolute atomic E-state index is 5.88. The number of nitrogens with two attached hydrogens (primary N) is 1. The van der Waals surface area contributed by atoms with Gasteiger partial charge >= 0.3 is 0 Å². The van der Waals surface area contributed by atoms with E-state index >= 15 is 0 Å². The van der Waals surface area contributed by atoms with E-state index in [4.69, 9.17) is 10.5 Å². The minimum Gasteiger partial charge on any atom is -0.493 e. The molecule has 0 fully saturated rings. The van der Waals surface area contributed by atoms with Gasteiger partial charge in [0.15, 0.2) is 0 Å². The van der Waals surface area contributed by atoms with E-state index in [0.717, 1.165) is 25.3 Å². The number of hydrogen-bond donors (Lipinski definition) is 1. The van der Waals surface area contributed by atoms with E-state index < -0.39 is 0 Å². The number of para-hydroxylation sites is 1. The molecule has 0 saturated heterocycles. The molecule has 0 heterocycles. The lowest BCUT2D eigenvalue weighted by atomic mass is 9.86. The Morgan fingerprint density at radius 2 is 1.88 bits per heavy atom. The van der Waals surface area contributed by atoms with Crippen molar-refractivity contribution in [2.45, 2.75) is 39.5 Å². The van der Waals surface area contributed by atoms with E-state index in [9.17, 15) is 0 Å². The molecule has 2 N–H and O–H groups in total. The molecule has 1 aromatic carbocycles. The molecule has 17 heavy (non-hydrogen) atoms. The molecule has 0 aliphatic carbocycles. The molecule has 0 bridgehead atoms. The van der Waals surface area contributed by atoms with E-state index in [2.05, 4.69) is 39.8 Å². The van der Waals surface area contributed by atoms with Gasteiger partial charge in [-0.3, -0.25) is 0 Å². The summed E-state index contributed by atoms with van der Waals surface area (Å²) >= 11 is 0. The van der Waals surface area contributed by atoms with Gasteiger partial charge in [0.2, 0.25) is 0 Å². The summed E-state index contributed by atoms with van der Waals surface area (Å²) < 4.78 is 5.88. The fraction of sp³-hybridized carbons (Fsp3) is 0.600. The van der Waals surface area contributed by atoms with E-state index in [0.29, 0.717) is 5.92 Å². The van der Waals surface area contributed by atoms with Crippen LogP contribution in [0.4, 0.5) is 0 Å². The molecule has 0 aromatic heterocycles. The SMILES string of the molecule is CC(CN)CCOc1ccccc1C(C)(C)C. The lowest BCUT2D eigenvalue weighted by Gasteiger charge is -2.23. The number of hydrogen-bond acceptors (Lipinski definition) is 2. The van der Waals surface area contributed by atoms with Gasteiger partial charge in [0.25, 0.3) is 0 Å². The summed E-state index contributed by atoms with van der Waals surface area (Å²) in [6.45, 7) is 10.2. The molecule has 2 heteroatoms. The van der Waals surface area contributed by atoms with Crippen LogP contribution in [0.3, 0.4) is 0 Å². The van der Waals surface area contributed by atoms with Crippen LogP contribution < -0.4 is 10.5 Å². The third-order valence-corrected chi connectivity index (χ3v) is 2.97. The van der Waals surface area contributed by atoms with Crippen molar-refractivity contribution in [2.75, 3.05) is 13.2 Å². The highest BCUT2D eigenvalue weighted by Gasteiger charge is 2.18. The van der Waals surface area contributed by atoms with Gasteiger partial charge in [0.05, 0.1) is 6.61 Å². The number of rotatable bonds is 5. The molecule has 0 amide bonds. The van der Waals surface area contributed by atoms with Crippen LogP contribution in [0.25, 0.3) is 0 Å². The maximum atomic E-state index is 5.88. The molecule has 1 aromatic rings. The Morgan fingerprint density at radius 1 is 1.24 bits per heavy atom. The normalized spacial score (nSPS) is 13.5. The van der Waals surface area contributed by atoms with E-state index in [1.807, 2.05) is 12.1 Å². The van der Waals surface area contributed by atoms with Gasteiger partial charge in [-0.25, -0.2) is 0 Å². The Hall–Kier alpha value is -1.02. The molecule has 1 rings (SSSR count). The average Bonchev–Trinajstić information content (AvgIpc) is 2.28. The van der Waals surface area contributed by atoms with Crippen molar-refractivity contribution in [3.05, 3.63) is 29.8 Å². The van der Waals surface area contributed by atoms with E-state index in [1.165, 1.54) is 5.56 Å². The summed E-state index contributed by atoms with van der Waals surface area (Å²) in [7, 11) is 0. The van der Waals surface area contributed by atoms with Crippen molar-refractivity contribution in [3.8, 4) is 5.75 Å². The number of ether oxygens (including phenoxy) is 1. The van der Waals surface area contributed by atoms with Crippen molar-refractivity contribution in [2.24, 2.45) is 11.7 Å². The van der Waals surface area contributed by atoms with Gasteiger partial charge < -0.3 is 10.5 Å². The van der Waals surface area contributed by atoms with Gasteiger partial charge in [0, 0.05) is 0 Å². The molecule has 0 radical (unpaired) electrons. The molecular weight excluding hydrogens is 210 g/mol. The molecule has 1 unspecified atom stereocenters. The molecule has 0 spiro atoms. The molecule has 0 saturated carbocycles. The van der Waals surface area contributed by atoms with Gasteiger partial charge in [0.1, 0.15) is 5.75 Å². The first kappa shape index (κ1) is 14.0. The predicted octanol–water partition coefficient (Wildman–Crippen LogP) is 3.35. The minimum absolute atomic E-state index is 0.121. The second-order valence-corrected chi connectivity index (χ2v) is 5.72. The van der Waals surface area contributed by atoms with Crippen LogP contribution in [0.5, 0.6) is 5.75 Å². The molecule has 1 atom stereocenters. The van der Waals surface area contributed by atoms with Crippen molar-refractivity contribution in [1.29, 1.82) is 0 Å². The van der Waals surface area contributed by atoms with Crippen LogP contribution in [0.2, 0.25) is 0 Å². The average molecular weight is 235 g/mol. The van der Waals surface area contributed by atoms with Crippen molar-refractivity contribution >= 4 is 0 Å². The lowest BCUT2D eigenvalue weighted by Crippen LogP contribution is -2.16. The third kappa shape index (κ3) is 4.39. The molecular formula is C15H25NO. The van der Waals surface area contributed by atoms with Crippen LogP contribution in [0.1, 0.15) is 39.7 Å². The standard InChI is InChI=1S/C15H25NO/c1-12(11-16)9-10-17-14-8-6-5-7-13(14)15(2,3)4/h5-8,12H,9-11,16H2,1-4H3. The first-order valence-electron chi connectivity index (χ1n) is 6.37. The van der Waals surface area contributed by atoms with Crippen molar-refractivity contribution < 1.29 is 4.74 Å². The summed E-state index contributed by atoms with van der Waals surface area (Å²) in [6, 6.07) is 8.28.